The number of sulfone groups is 1. The summed E-state index contributed by atoms with van der Waals surface area (Å²) in [6.07, 6.45) is 0.878. The molecule has 3 rings (SSSR count). The van der Waals surface area contributed by atoms with Crippen molar-refractivity contribution in [2.75, 3.05) is 11.1 Å². The first-order chi connectivity index (χ1) is 14.0. The van der Waals surface area contributed by atoms with Gasteiger partial charge in [-0.1, -0.05) is 18.3 Å². The van der Waals surface area contributed by atoms with Crippen molar-refractivity contribution < 1.29 is 22.7 Å². The molecule has 2 aromatic rings. The lowest BCUT2D eigenvalue weighted by Crippen LogP contribution is -2.33. The smallest absolute Gasteiger partial charge is 0.410 e. The second-order valence-corrected chi connectivity index (χ2v) is 11.2. The quantitative estimate of drug-likeness (QED) is 0.741. The monoisotopic (exact) mass is 452 g/mol. The summed E-state index contributed by atoms with van der Waals surface area (Å²) >= 11 is 1.32. The van der Waals surface area contributed by atoms with Crippen LogP contribution in [0.3, 0.4) is 0 Å². The van der Waals surface area contributed by atoms with E-state index in [1.165, 1.54) is 29.7 Å². The minimum atomic E-state index is -3.32. The zero-order valence-electron chi connectivity index (χ0n) is 17.3. The molecule has 1 N–H and O–H groups in total. The van der Waals surface area contributed by atoms with Crippen LogP contribution in [0.15, 0.2) is 23.2 Å². The summed E-state index contributed by atoms with van der Waals surface area (Å²) in [6, 6.07) is 2.99. The lowest BCUT2D eigenvalue weighted by atomic mass is 10.2. The highest BCUT2D eigenvalue weighted by molar-refractivity contribution is 7.91. The Morgan fingerprint density at radius 1 is 1.27 bits per heavy atom. The van der Waals surface area contributed by atoms with Crippen molar-refractivity contribution in [3.05, 3.63) is 34.6 Å². The Bertz CT molecular complexity index is 1030. The molecule has 1 aliphatic rings. The third kappa shape index (κ3) is 5.33. The fourth-order valence-corrected chi connectivity index (χ4v) is 4.57. The summed E-state index contributed by atoms with van der Waals surface area (Å²) in [5.74, 6) is -0.306. The van der Waals surface area contributed by atoms with Crippen molar-refractivity contribution in [2.45, 2.75) is 57.7 Å². The van der Waals surface area contributed by atoms with Gasteiger partial charge in [-0.2, -0.15) is 0 Å². The van der Waals surface area contributed by atoms with Gasteiger partial charge in [0, 0.05) is 11.9 Å². The molecule has 0 saturated carbocycles. The van der Waals surface area contributed by atoms with E-state index < -0.39 is 21.5 Å². The summed E-state index contributed by atoms with van der Waals surface area (Å²) < 4.78 is 29.0. The van der Waals surface area contributed by atoms with Gasteiger partial charge >= 0.3 is 6.09 Å². The summed E-state index contributed by atoms with van der Waals surface area (Å²) in [7, 11) is -3.32. The molecule has 0 unspecified atom stereocenters. The van der Waals surface area contributed by atoms with Crippen LogP contribution in [0.5, 0.6) is 0 Å². The normalized spacial score (nSPS) is 13.8. The molecule has 162 valence electrons. The molecule has 0 aromatic carbocycles. The third-order valence-corrected chi connectivity index (χ3v) is 6.95. The van der Waals surface area contributed by atoms with Crippen LogP contribution in [0.2, 0.25) is 0 Å². The molecule has 0 fully saturated rings. The number of carbonyl (C=O) groups is 2. The molecule has 9 nitrogen and oxygen atoms in total. The molecule has 2 amide bonds. The number of thiazole rings is 1. The largest absolute Gasteiger partial charge is 0.444 e. The molecule has 11 heteroatoms. The Balaban J connectivity index is 1.56. The summed E-state index contributed by atoms with van der Waals surface area (Å²) in [5, 5.41) is 3.19. The van der Waals surface area contributed by atoms with E-state index in [0.717, 1.165) is 10.6 Å². The van der Waals surface area contributed by atoms with Gasteiger partial charge < -0.3 is 10.1 Å². The van der Waals surface area contributed by atoms with Crippen molar-refractivity contribution in [3.63, 3.8) is 0 Å². The van der Waals surface area contributed by atoms with Crippen LogP contribution in [0, 0.1) is 0 Å². The van der Waals surface area contributed by atoms with E-state index >= 15 is 0 Å². The second-order valence-electron chi connectivity index (χ2n) is 7.84. The number of fused-ring (bicyclic) bond motifs is 1. The average molecular weight is 453 g/mol. The molecule has 0 aliphatic carbocycles. The van der Waals surface area contributed by atoms with Crippen LogP contribution < -0.4 is 5.32 Å². The number of amides is 2. The molecule has 0 radical (unpaired) electrons. The number of hydrogen-bond donors (Lipinski definition) is 1. The van der Waals surface area contributed by atoms with E-state index in [9.17, 15) is 18.0 Å². The van der Waals surface area contributed by atoms with Crippen molar-refractivity contribution in [1.29, 1.82) is 0 Å². The van der Waals surface area contributed by atoms with Gasteiger partial charge in [-0.15, -0.1) is 0 Å². The lowest BCUT2D eigenvalue weighted by Gasteiger charge is -2.24. The van der Waals surface area contributed by atoms with E-state index in [2.05, 4.69) is 15.3 Å². The highest BCUT2D eigenvalue weighted by Crippen LogP contribution is 2.31. The average Bonchev–Trinajstić information content (AvgIpc) is 3.19. The van der Waals surface area contributed by atoms with Crippen LogP contribution in [0.4, 0.5) is 9.93 Å². The topological polar surface area (TPSA) is 119 Å². The van der Waals surface area contributed by atoms with Crippen molar-refractivity contribution in [2.24, 2.45) is 0 Å². The van der Waals surface area contributed by atoms with E-state index in [4.69, 9.17) is 4.74 Å². The van der Waals surface area contributed by atoms with Crippen molar-refractivity contribution in [3.8, 4) is 0 Å². The highest BCUT2D eigenvalue weighted by atomic mass is 32.2. The van der Waals surface area contributed by atoms with Crippen molar-refractivity contribution >= 4 is 38.3 Å². The predicted molar refractivity (Wildman–Crippen MR) is 112 cm³/mol. The maximum atomic E-state index is 12.3. The Labute approximate surface area is 179 Å². The maximum Gasteiger partial charge on any atom is 0.410 e. The molecular formula is C19H24N4O5S2. The fourth-order valence-electron chi connectivity index (χ4n) is 2.74. The highest BCUT2D eigenvalue weighted by Gasteiger charge is 2.30. The molecule has 1 aliphatic heterocycles. The van der Waals surface area contributed by atoms with E-state index in [1.54, 1.807) is 11.8 Å². The van der Waals surface area contributed by atoms with Crippen LogP contribution in [0.25, 0.3) is 0 Å². The second kappa shape index (κ2) is 8.31. The fraction of sp³-hybridized carbons (Fsp3) is 0.474. The van der Waals surface area contributed by atoms with Gasteiger partial charge in [-0.3, -0.25) is 14.7 Å². The molecule has 3 heterocycles. The lowest BCUT2D eigenvalue weighted by molar-refractivity contribution is -0.115. The van der Waals surface area contributed by atoms with E-state index in [1.807, 2.05) is 20.8 Å². The molecule has 0 bridgehead atoms. The first kappa shape index (κ1) is 22.2. The Morgan fingerprint density at radius 2 is 2.00 bits per heavy atom. The van der Waals surface area contributed by atoms with Gasteiger partial charge in [0.05, 0.1) is 40.7 Å². The van der Waals surface area contributed by atoms with Gasteiger partial charge in [0.15, 0.2) is 15.0 Å². The van der Waals surface area contributed by atoms with Gasteiger partial charge in [0.1, 0.15) is 5.60 Å². The Morgan fingerprint density at radius 3 is 2.57 bits per heavy atom. The first-order valence-corrected chi connectivity index (χ1v) is 11.9. The van der Waals surface area contributed by atoms with Crippen LogP contribution >= 0.6 is 11.3 Å². The zero-order chi connectivity index (χ0) is 22.1. The Hall–Kier alpha value is -2.53. The first-order valence-electron chi connectivity index (χ1n) is 9.41. The number of nitrogens with zero attached hydrogens (tertiary/aromatic N) is 3. The number of hydrogen-bond acceptors (Lipinski definition) is 8. The number of carbonyl (C=O) groups excluding carboxylic acids is 2. The van der Waals surface area contributed by atoms with E-state index in [-0.39, 0.29) is 23.0 Å². The third-order valence-electron chi connectivity index (χ3n) is 4.23. The van der Waals surface area contributed by atoms with Crippen LogP contribution in [-0.4, -0.2) is 46.6 Å². The molecular weight excluding hydrogens is 428 g/mol. The molecule has 30 heavy (non-hydrogen) atoms. The minimum Gasteiger partial charge on any atom is -0.444 e. The van der Waals surface area contributed by atoms with Crippen molar-refractivity contribution in [1.82, 2.24) is 14.9 Å². The van der Waals surface area contributed by atoms with Gasteiger partial charge in [-0.05, 0) is 32.9 Å². The summed E-state index contributed by atoms with van der Waals surface area (Å²) in [4.78, 5) is 35.5. The van der Waals surface area contributed by atoms with Gasteiger partial charge in [0.25, 0.3) is 0 Å². The standard InChI is InChI=1S/C19H24N4O5S2/c1-5-30(26,27)13-7-6-12(20-9-13)8-16(24)22-17-21-14-10-23(11-15(14)29-17)18(25)28-19(2,3)4/h6-7,9H,5,8,10-11H2,1-4H3,(H,21,22,24). The zero-order valence-corrected chi connectivity index (χ0v) is 18.9. The van der Waals surface area contributed by atoms with Crippen LogP contribution in [-0.2, 0) is 38.9 Å². The Kier molecular flexibility index (Phi) is 6.14. The maximum absolute atomic E-state index is 12.3. The number of pyridine rings is 1. The minimum absolute atomic E-state index is 0.000727. The predicted octanol–water partition coefficient (Wildman–Crippen LogP) is 2.76. The number of nitrogens with one attached hydrogen (secondary N) is 1. The van der Waals surface area contributed by atoms with Gasteiger partial charge in [-0.25, -0.2) is 18.2 Å². The molecule has 2 aromatic heterocycles. The molecule has 0 spiro atoms. The molecule has 0 saturated heterocycles. The van der Waals surface area contributed by atoms with Gasteiger partial charge in [0.2, 0.25) is 5.91 Å². The SMILES string of the molecule is CCS(=O)(=O)c1ccc(CC(=O)Nc2nc3c(s2)CN(C(=O)OC(C)(C)C)C3)nc1. The van der Waals surface area contributed by atoms with E-state index in [0.29, 0.717) is 23.9 Å². The van der Waals surface area contributed by atoms with Crippen LogP contribution in [0.1, 0.15) is 44.0 Å². The number of aromatic nitrogens is 2. The molecule has 0 atom stereocenters. The summed E-state index contributed by atoms with van der Waals surface area (Å²) in [5.41, 5.74) is 0.642. The number of ether oxygens (including phenoxy) is 1. The summed E-state index contributed by atoms with van der Waals surface area (Å²) in [6.45, 7) is 7.74. The number of anilines is 1. The number of rotatable bonds is 5.